The van der Waals surface area contributed by atoms with Crippen molar-refractivity contribution in [1.82, 2.24) is 9.55 Å². The summed E-state index contributed by atoms with van der Waals surface area (Å²) >= 11 is 0. The maximum absolute atomic E-state index is 6.66. The number of nitrogens with zero attached hydrogens (tertiary/aromatic N) is 3. The van der Waals surface area contributed by atoms with Gasteiger partial charge in [0.15, 0.2) is 5.58 Å². The fraction of sp³-hybridized carbons (Fsp3) is 0. The minimum absolute atomic E-state index is 0.798. The van der Waals surface area contributed by atoms with Gasteiger partial charge in [0.1, 0.15) is 11.3 Å². The largest absolute Gasteiger partial charge is 0.454 e. The van der Waals surface area contributed by atoms with Crippen molar-refractivity contribution in [3.63, 3.8) is 0 Å². The van der Waals surface area contributed by atoms with Crippen LogP contribution in [0.4, 0.5) is 17.1 Å². The Morgan fingerprint density at radius 1 is 0.453 bits per heavy atom. The van der Waals surface area contributed by atoms with Crippen LogP contribution < -0.4 is 4.90 Å². The third-order valence-electron chi connectivity index (χ3n) is 10.6. The zero-order valence-electron chi connectivity index (χ0n) is 28.6. The molecule has 0 saturated carbocycles. The van der Waals surface area contributed by atoms with Crippen molar-refractivity contribution in [1.29, 1.82) is 0 Å². The molecule has 4 nitrogen and oxygen atoms in total. The highest BCUT2D eigenvalue weighted by Crippen LogP contribution is 2.45. The molecule has 248 valence electrons. The van der Waals surface area contributed by atoms with Gasteiger partial charge >= 0.3 is 0 Å². The van der Waals surface area contributed by atoms with Gasteiger partial charge in [-0.25, -0.2) is 0 Å². The molecule has 8 aromatic carbocycles. The molecule has 0 N–H and O–H groups in total. The first kappa shape index (κ1) is 29.5. The molecule has 0 aliphatic carbocycles. The van der Waals surface area contributed by atoms with E-state index in [-0.39, 0.29) is 0 Å². The molecule has 11 aromatic rings. The van der Waals surface area contributed by atoms with Crippen LogP contribution >= 0.6 is 0 Å². The van der Waals surface area contributed by atoms with E-state index >= 15 is 0 Å². The fourth-order valence-electron chi connectivity index (χ4n) is 8.23. The highest BCUT2D eigenvalue weighted by molar-refractivity contribution is 6.22. The van der Waals surface area contributed by atoms with Crippen LogP contribution in [0, 0.1) is 0 Å². The molecule has 3 heterocycles. The molecule has 0 amide bonds. The lowest BCUT2D eigenvalue weighted by molar-refractivity contribution is 0.668. The van der Waals surface area contributed by atoms with Crippen molar-refractivity contribution in [2.24, 2.45) is 0 Å². The van der Waals surface area contributed by atoms with Gasteiger partial charge in [-0.1, -0.05) is 133 Å². The minimum Gasteiger partial charge on any atom is -0.454 e. The second-order valence-corrected chi connectivity index (χ2v) is 13.6. The number of furan rings is 1. The monoisotopic (exact) mass is 677 g/mol. The van der Waals surface area contributed by atoms with Gasteiger partial charge in [-0.2, -0.15) is 0 Å². The molecule has 3 aromatic heterocycles. The van der Waals surface area contributed by atoms with Gasteiger partial charge in [-0.15, -0.1) is 0 Å². The maximum atomic E-state index is 6.66. The Kier molecular flexibility index (Phi) is 6.52. The third kappa shape index (κ3) is 4.59. The number of fused-ring (bicyclic) bond motifs is 9. The summed E-state index contributed by atoms with van der Waals surface area (Å²) in [5.41, 5.74) is 10.3. The number of hydrogen-bond acceptors (Lipinski definition) is 3. The van der Waals surface area contributed by atoms with Gasteiger partial charge in [0.05, 0.1) is 22.9 Å². The maximum Gasteiger partial charge on any atom is 0.162 e. The molecule has 0 radical (unpaired) electrons. The highest BCUT2D eigenvalue weighted by atomic mass is 16.3. The molecule has 0 fully saturated rings. The van der Waals surface area contributed by atoms with Crippen LogP contribution in [0.2, 0.25) is 0 Å². The Bertz CT molecular complexity index is 3170. The highest BCUT2D eigenvalue weighted by Gasteiger charge is 2.23. The van der Waals surface area contributed by atoms with Crippen molar-refractivity contribution in [2.75, 3.05) is 4.90 Å². The Labute approximate surface area is 305 Å². The van der Waals surface area contributed by atoms with Gasteiger partial charge in [0.2, 0.25) is 0 Å². The second kappa shape index (κ2) is 11.7. The standard InChI is InChI=1S/C49H31N3O/c1-2-12-32(13-3-1)33-22-25-36(26-23-33)51(46-31-50-30-42-40-18-9-11-21-47(40)53-49(42)46)37-28-35-15-5-6-16-38(35)45(29-37)52-43-20-10-8-19-41(43)48-39-17-7-4-14-34(39)24-27-44(48)52/h1-31H. The van der Waals surface area contributed by atoms with Gasteiger partial charge in [0.25, 0.3) is 0 Å². The van der Waals surface area contributed by atoms with E-state index in [4.69, 9.17) is 9.40 Å². The first-order valence-corrected chi connectivity index (χ1v) is 18.0. The van der Waals surface area contributed by atoms with Crippen molar-refractivity contribution < 1.29 is 4.42 Å². The van der Waals surface area contributed by atoms with Crippen LogP contribution in [0.1, 0.15) is 0 Å². The Morgan fingerprint density at radius 3 is 1.98 bits per heavy atom. The quantitative estimate of drug-likeness (QED) is 0.182. The molecular weight excluding hydrogens is 647 g/mol. The van der Waals surface area contributed by atoms with E-state index in [1.807, 2.05) is 24.5 Å². The second-order valence-electron chi connectivity index (χ2n) is 13.6. The first-order chi connectivity index (χ1) is 26.3. The van der Waals surface area contributed by atoms with Crippen molar-refractivity contribution in [3.05, 3.63) is 188 Å². The molecule has 0 aliphatic heterocycles. The van der Waals surface area contributed by atoms with Crippen LogP contribution in [0.3, 0.4) is 0 Å². The first-order valence-electron chi connectivity index (χ1n) is 18.0. The van der Waals surface area contributed by atoms with Crippen LogP contribution in [0.25, 0.3) is 82.1 Å². The van der Waals surface area contributed by atoms with Crippen molar-refractivity contribution >= 4 is 82.4 Å². The molecule has 0 bridgehead atoms. The Balaban J connectivity index is 1.22. The summed E-state index contributed by atoms with van der Waals surface area (Å²) in [6, 6.07) is 62.8. The van der Waals surface area contributed by atoms with Crippen LogP contribution in [-0.4, -0.2) is 9.55 Å². The number of benzene rings is 8. The van der Waals surface area contributed by atoms with E-state index in [9.17, 15) is 0 Å². The van der Waals surface area contributed by atoms with Gasteiger partial charge in [-0.3, -0.25) is 4.98 Å². The topological polar surface area (TPSA) is 34.2 Å². The predicted molar refractivity (Wildman–Crippen MR) is 221 cm³/mol. The molecule has 11 rings (SSSR count). The zero-order chi connectivity index (χ0) is 34.9. The lowest BCUT2D eigenvalue weighted by Gasteiger charge is -2.27. The lowest BCUT2D eigenvalue weighted by atomic mass is 10.0. The van der Waals surface area contributed by atoms with Gasteiger partial charge in [0, 0.05) is 44.5 Å². The number of anilines is 3. The lowest BCUT2D eigenvalue weighted by Crippen LogP contribution is -2.11. The number of aromatic nitrogens is 2. The molecule has 0 spiro atoms. The summed E-state index contributed by atoms with van der Waals surface area (Å²) in [5.74, 6) is 0. The summed E-state index contributed by atoms with van der Waals surface area (Å²) in [7, 11) is 0. The third-order valence-corrected chi connectivity index (χ3v) is 10.6. The normalized spacial score (nSPS) is 11.8. The molecule has 0 aliphatic rings. The van der Waals surface area contributed by atoms with Crippen LogP contribution in [0.5, 0.6) is 0 Å². The number of pyridine rings is 1. The summed E-state index contributed by atoms with van der Waals surface area (Å²) in [4.78, 5) is 7.11. The van der Waals surface area contributed by atoms with E-state index in [2.05, 4.69) is 173 Å². The minimum atomic E-state index is 0.798. The van der Waals surface area contributed by atoms with Crippen LogP contribution in [-0.2, 0) is 0 Å². The fourth-order valence-corrected chi connectivity index (χ4v) is 8.23. The van der Waals surface area contributed by atoms with Gasteiger partial charge < -0.3 is 13.9 Å². The predicted octanol–water partition coefficient (Wildman–Crippen LogP) is 13.5. The SMILES string of the molecule is c1ccc(-c2ccc(N(c3cc(-n4c5ccccc5c5c6ccccc6ccc54)c4ccccc4c3)c3cncc4c3oc3ccccc34)cc2)cc1. The average molecular weight is 678 g/mol. The Hall–Kier alpha value is -7.17. The Morgan fingerprint density at radius 2 is 1.13 bits per heavy atom. The smallest absolute Gasteiger partial charge is 0.162 e. The molecule has 0 atom stereocenters. The number of para-hydroxylation sites is 2. The zero-order valence-corrected chi connectivity index (χ0v) is 28.6. The van der Waals surface area contributed by atoms with Crippen molar-refractivity contribution in [3.8, 4) is 16.8 Å². The summed E-state index contributed by atoms with van der Waals surface area (Å²) < 4.78 is 9.10. The number of hydrogen-bond donors (Lipinski definition) is 0. The molecule has 4 heteroatoms. The van der Waals surface area contributed by atoms with E-state index < -0.39 is 0 Å². The van der Waals surface area contributed by atoms with Crippen LogP contribution in [0.15, 0.2) is 193 Å². The molecule has 53 heavy (non-hydrogen) atoms. The summed E-state index contributed by atoms with van der Waals surface area (Å²) in [5, 5.41) is 9.33. The van der Waals surface area contributed by atoms with Gasteiger partial charge in [-0.05, 0) is 69.8 Å². The molecule has 0 saturated heterocycles. The number of rotatable bonds is 5. The van der Waals surface area contributed by atoms with E-state index in [1.165, 1.54) is 43.5 Å². The summed E-state index contributed by atoms with van der Waals surface area (Å²) in [6.45, 7) is 0. The molecular formula is C49H31N3O. The summed E-state index contributed by atoms with van der Waals surface area (Å²) in [6.07, 6.45) is 3.84. The van der Waals surface area contributed by atoms with E-state index in [0.29, 0.717) is 0 Å². The average Bonchev–Trinajstić information content (AvgIpc) is 3.78. The van der Waals surface area contributed by atoms with E-state index in [1.54, 1.807) is 0 Å². The van der Waals surface area contributed by atoms with Crippen molar-refractivity contribution in [2.45, 2.75) is 0 Å². The van der Waals surface area contributed by atoms with E-state index in [0.717, 1.165) is 55.6 Å². The molecule has 0 unspecified atom stereocenters.